The minimum Gasteiger partial charge on any atom is -0.439 e. The summed E-state index contributed by atoms with van der Waals surface area (Å²) < 4.78 is 11.3. The molecule has 0 aliphatic carbocycles. The van der Waals surface area contributed by atoms with E-state index in [1.807, 2.05) is 6.07 Å². The Morgan fingerprint density at radius 3 is 2.63 bits per heavy atom. The highest BCUT2D eigenvalue weighted by Gasteiger charge is 2.61. The third-order valence-corrected chi connectivity index (χ3v) is 5.50. The van der Waals surface area contributed by atoms with E-state index in [0.29, 0.717) is 16.6 Å². The lowest BCUT2D eigenvalue weighted by Gasteiger charge is -2.33. The Kier molecular flexibility index (Phi) is 3.52. The largest absolute Gasteiger partial charge is 0.439 e. The van der Waals surface area contributed by atoms with Crippen LogP contribution >= 0.6 is 0 Å². The number of carbonyl (C=O) groups excluding carboxylic acids is 1. The number of nitriles is 1. The predicted molar refractivity (Wildman–Crippen MR) is 108 cm³/mol. The Labute approximate surface area is 170 Å². The Hall–Kier alpha value is -4.49. The highest BCUT2D eigenvalue weighted by Crippen LogP contribution is 2.55. The number of rotatable bonds is 1. The van der Waals surface area contributed by atoms with E-state index in [0.717, 1.165) is 0 Å². The van der Waals surface area contributed by atoms with Crippen LogP contribution in [0, 0.1) is 23.7 Å². The van der Waals surface area contributed by atoms with Crippen molar-refractivity contribution in [2.75, 3.05) is 11.4 Å². The number of hydrogen-bond donors (Lipinski definition) is 1. The van der Waals surface area contributed by atoms with Gasteiger partial charge < -0.3 is 14.9 Å². The Balaban J connectivity index is 2.00. The Bertz CT molecular complexity index is 1440. The second-order valence-electron chi connectivity index (χ2n) is 6.91. The maximum absolute atomic E-state index is 13.8. The normalized spacial score (nSPS) is 19.3. The number of terminal acetylenes is 1. The van der Waals surface area contributed by atoms with Gasteiger partial charge in [-0.05, 0) is 18.2 Å². The van der Waals surface area contributed by atoms with Crippen LogP contribution in [0.4, 0.5) is 5.69 Å². The van der Waals surface area contributed by atoms with Gasteiger partial charge in [0.15, 0.2) is 11.2 Å². The van der Waals surface area contributed by atoms with Crippen molar-refractivity contribution >= 4 is 22.6 Å². The van der Waals surface area contributed by atoms with E-state index in [2.05, 4.69) is 5.92 Å². The van der Waals surface area contributed by atoms with E-state index in [1.165, 1.54) is 4.90 Å². The minimum absolute atomic E-state index is 0.0364. The number of fused-ring (bicyclic) bond motifs is 6. The van der Waals surface area contributed by atoms with E-state index in [9.17, 15) is 14.9 Å². The van der Waals surface area contributed by atoms with Gasteiger partial charge in [-0.15, -0.1) is 6.42 Å². The third-order valence-electron chi connectivity index (χ3n) is 5.50. The second kappa shape index (κ2) is 6.00. The summed E-state index contributed by atoms with van der Waals surface area (Å²) in [5.41, 5.74) is 4.50. The molecule has 0 saturated heterocycles. The van der Waals surface area contributed by atoms with Crippen LogP contribution in [-0.2, 0) is 10.2 Å². The van der Waals surface area contributed by atoms with Gasteiger partial charge in [-0.1, -0.05) is 36.3 Å². The lowest BCUT2D eigenvalue weighted by atomic mass is 9.69. The molecule has 0 fully saturated rings. The van der Waals surface area contributed by atoms with E-state index in [4.69, 9.17) is 21.3 Å². The van der Waals surface area contributed by atoms with E-state index >= 15 is 0 Å². The number of anilines is 1. The highest BCUT2D eigenvalue weighted by molar-refractivity contribution is 6.15. The van der Waals surface area contributed by atoms with Crippen LogP contribution in [0.3, 0.4) is 0 Å². The van der Waals surface area contributed by atoms with Gasteiger partial charge in [0.25, 0.3) is 0 Å². The first-order chi connectivity index (χ1) is 14.6. The van der Waals surface area contributed by atoms with Gasteiger partial charge in [-0.3, -0.25) is 9.69 Å². The van der Waals surface area contributed by atoms with Gasteiger partial charge in [0, 0.05) is 11.3 Å². The van der Waals surface area contributed by atoms with Crippen LogP contribution in [0.5, 0.6) is 5.75 Å². The van der Waals surface area contributed by atoms with Crippen molar-refractivity contribution < 1.29 is 13.9 Å². The Morgan fingerprint density at radius 1 is 1.13 bits per heavy atom. The van der Waals surface area contributed by atoms with Crippen molar-refractivity contribution in [3.8, 4) is 24.2 Å². The van der Waals surface area contributed by atoms with Crippen LogP contribution in [0.1, 0.15) is 11.1 Å². The summed E-state index contributed by atoms with van der Waals surface area (Å²) in [6.07, 6.45) is 5.49. The lowest BCUT2D eigenvalue weighted by Crippen LogP contribution is -2.48. The van der Waals surface area contributed by atoms with E-state index in [1.54, 1.807) is 48.5 Å². The number of amides is 1. The van der Waals surface area contributed by atoms with Gasteiger partial charge in [0.2, 0.25) is 11.8 Å². The molecule has 0 saturated carbocycles. The van der Waals surface area contributed by atoms with Crippen LogP contribution in [0.15, 0.2) is 69.2 Å². The maximum Gasteiger partial charge on any atom is 0.345 e. The second-order valence-corrected chi connectivity index (χ2v) is 6.91. The molecule has 144 valence electrons. The molecule has 2 aliphatic rings. The summed E-state index contributed by atoms with van der Waals surface area (Å²) in [6, 6.07) is 15.6. The molecule has 2 aliphatic heterocycles. The molecule has 1 atom stereocenters. The number of carbonyl (C=O) groups is 1. The summed E-state index contributed by atoms with van der Waals surface area (Å²) in [5, 5.41) is 10.4. The van der Waals surface area contributed by atoms with Crippen LogP contribution in [0.25, 0.3) is 11.0 Å². The van der Waals surface area contributed by atoms with Crippen molar-refractivity contribution in [1.82, 2.24) is 0 Å². The fourth-order valence-corrected chi connectivity index (χ4v) is 4.35. The zero-order valence-electron chi connectivity index (χ0n) is 15.5. The number of nitrogens with zero attached hydrogens (tertiary/aromatic N) is 2. The number of para-hydroxylation sites is 2. The first-order valence-corrected chi connectivity index (χ1v) is 9.05. The van der Waals surface area contributed by atoms with Crippen LogP contribution < -0.4 is 21.0 Å². The highest BCUT2D eigenvalue weighted by atomic mass is 16.5. The smallest absolute Gasteiger partial charge is 0.345 e. The molecule has 2 N–H and O–H groups in total. The number of benzene rings is 2. The fourth-order valence-electron chi connectivity index (χ4n) is 4.35. The molecule has 0 bridgehead atoms. The molecule has 1 amide bonds. The van der Waals surface area contributed by atoms with Gasteiger partial charge >= 0.3 is 5.63 Å². The van der Waals surface area contributed by atoms with Crippen molar-refractivity contribution in [2.24, 2.45) is 5.73 Å². The summed E-state index contributed by atoms with van der Waals surface area (Å²) in [4.78, 5) is 28.4. The number of hydrogen-bond acceptors (Lipinski definition) is 6. The van der Waals surface area contributed by atoms with Crippen LogP contribution in [-0.4, -0.2) is 12.5 Å². The van der Waals surface area contributed by atoms with Crippen molar-refractivity contribution in [2.45, 2.75) is 5.41 Å². The summed E-state index contributed by atoms with van der Waals surface area (Å²) in [5.74, 6) is 1.77. The van der Waals surface area contributed by atoms with Gasteiger partial charge in [0.05, 0.1) is 11.9 Å². The molecule has 1 aromatic heterocycles. The molecule has 1 spiro atoms. The first-order valence-electron chi connectivity index (χ1n) is 9.05. The van der Waals surface area contributed by atoms with E-state index in [-0.39, 0.29) is 34.9 Å². The molecule has 0 radical (unpaired) electrons. The van der Waals surface area contributed by atoms with Gasteiger partial charge in [0.1, 0.15) is 22.8 Å². The predicted octanol–water partition coefficient (Wildman–Crippen LogP) is 2.15. The molecule has 7 nitrogen and oxygen atoms in total. The molecular weight excluding hydrogens is 382 g/mol. The lowest BCUT2D eigenvalue weighted by molar-refractivity contribution is -0.120. The fraction of sp³-hybridized carbons (Fsp3) is 0.0870. The van der Waals surface area contributed by atoms with Crippen molar-refractivity contribution in [3.63, 3.8) is 0 Å². The Morgan fingerprint density at radius 2 is 1.87 bits per heavy atom. The first kappa shape index (κ1) is 17.6. The van der Waals surface area contributed by atoms with Crippen molar-refractivity contribution in [1.29, 1.82) is 5.26 Å². The summed E-state index contributed by atoms with van der Waals surface area (Å²) in [7, 11) is 0. The average molecular weight is 395 g/mol. The zero-order chi connectivity index (χ0) is 21.0. The van der Waals surface area contributed by atoms with Gasteiger partial charge in [-0.25, -0.2) is 4.79 Å². The standard InChI is InChI=1S/C23H13N3O4/c1-2-11-26-16-9-5-4-8-14(16)23(22(26)28)15(12-24)20(25)30-19-13-7-3-6-10-17(13)29-21(27)18(19)23/h1,3-10H,11,25H2. The monoisotopic (exact) mass is 395 g/mol. The summed E-state index contributed by atoms with van der Waals surface area (Å²) in [6.45, 7) is -0.0364. The minimum atomic E-state index is -1.80. The summed E-state index contributed by atoms with van der Waals surface area (Å²) >= 11 is 0. The molecule has 2 aromatic carbocycles. The van der Waals surface area contributed by atoms with Gasteiger partial charge in [-0.2, -0.15) is 5.26 Å². The molecule has 30 heavy (non-hydrogen) atoms. The number of nitrogens with two attached hydrogens (primary N) is 1. The molecule has 7 heteroatoms. The van der Waals surface area contributed by atoms with E-state index < -0.39 is 16.9 Å². The third kappa shape index (κ3) is 1.93. The quantitative estimate of drug-likeness (QED) is 0.499. The molecule has 3 aromatic rings. The van der Waals surface area contributed by atoms with Crippen molar-refractivity contribution in [3.05, 3.63) is 81.5 Å². The molecule has 3 heterocycles. The number of ether oxygens (including phenoxy) is 1. The molecular formula is C23H13N3O4. The molecule has 1 unspecified atom stereocenters. The SMILES string of the molecule is C#CCN1C(=O)C2(C(C#N)=C(N)Oc3c2c(=O)oc2ccccc32)c2ccccc21. The zero-order valence-corrected chi connectivity index (χ0v) is 15.5. The topological polar surface area (TPSA) is 110 Å². The van der Waals surface area contributed by atoms with Crippen LogP contribution in [0.2, 0.25) is 0 Å². The maximum atomic E-state index is 13.8. The molecule has 5 rings (SSSR count). The average Bonchev–Trinajstić information content (AvgIpc) is 2.98.